The van der Waals surface area contributed by atoms with Crippen LogP contribution in [0.1, 0.15) is 5.56 Å². The Morgan fingerprint density at radius 3 is 2.25 bits per heavy atom. The maximum atomic E-state index is 10.5. The summed E-state index contributed by atoms with van der Waals surface area (Å²) in [5.41, 5.74) is 0.651. The summed E-state index contributed by atoms with van der Waals surface area (Å²) in [7, 11) is 0. The molecule has 0 aliphatic heterocycles. The van der Waals surface area contributed by atoms with Crippen molar-refractivity contribution in [3.05, 3.63) is 41.4 Å². The molecule has 2 nitrogen and oxygen atoms in total. The predicted octanol–water partition coefficient (Wildman–Crippen LogP) is 2.44. The van der Waals surface area contributed by atoms with E-state index < -0.39 is 5.97 Å². The summed E-state index contributed by atoms with van der Waals surface area (Å²) in [6, 6.07) is 6.51. The lowest BCUT2D eigenvalue weighted by Gasteiger charge is -1.98. The van der Waals surface area contributed by atoms with E-state index in [1.54, 1.807) is 24.3 Å². The molecule has 0 fully saturated rings. The Bertz CT molecular complexity index is 314. The Morgan fingerprint density at radius 2 is 1.83 bits per heavy atom. The third kappa shape index (κ3) is 1.86. The van der Waals surface area contributed by atoms with Crippen LogP contribution in [0.5, 0.6) is 0 Å². The van der Waals surface area contributed by atoms with Crippen molar-refractivity contribution in [2.24, 2.45) is 0 Å². The van der Waals surface area contributed by atoms with E-state index in [4.69, 9.17) is 16.7 Å². The molecule has 0 aromatic heterocycles. The zero-order valence-electron chi connectivity index (χ0n) is 6.25. The Balaban J connectivity index is 2.98. The van der Waals surface area contributed by atoms with Crippen molar-refractivity contribution in [2.45, 2.75) is 0 Å². The molecule has 62 valence electrons. The number of aliphatic carboxylic acids is 1. The molecule has 1 N–H and O–H groups in total. The fraction of sp³-hybridized carbons (Fsp3) is 0. The van der Waals surface area contributed by atoms with Gasteiger partial charge in [0.25, 0.3) is 0 Å². The molecule has 1 aromatic carbocycles. The van der Waals surface area contributed by atoms with Gasteiger partial charge in [0.05, 0.1) is 5.57 Å². The molecule has 0 aliphatic rings. The summed E-state index contributed by atoms with van der Waals surface area (Å²) in [6.07, 6.45) is 0. The van der Waals surface area contributed by atoms with Gasteiger partial charge in [-0.05, 0) is 17.7 Å². The van der Waals surface area contributed by atoms with E-state index in [9.17, 15) is 4.79 Å². The highest BCUT2D eigenvalue weighted by atomic mass is 35.5. The second-order valence-electron chi connectivity index (χ2n) is 2.29. The standard InChI is InChI=1S/C9H7ClO2/c1-6(9(11)12)7-2-4-8(10)5-3-7/h2-5H,1H2,(H,11,12). The maximum Gasteiger partial charge on any atom is 0.335 e. The van der Waals surface area contributed by atoms with Crippen LogP contribution in [0.25, 0.3) is 5.57 Å². The fourth-order valence-electron chi connectivity index (χ4n) is 0.775. The summed E-state index contributed by atoms with van der Waals surface area (Å²) in [6.45, 7) is 3.41. The zero-order chi connectivity index (χ0) is 9.14. The molecular weight excluding hydrogens is 176 g/mol. The lowest BCUT2D eigenvalue weighted by molar-refractivity contribution is -0.130. The van der Waals surface area contributed by atoms with Crippen LogP contribution in [0.15, 0.2) is 30.8 Å². The molecule has 1 rings (SSSR count). The summed E-state index contributed by atoms with van der Waals surface area (Å²) in [5, 5.41) is 9.15. The molecule has 0 aliphatic carbocycles. The smallest absolute Gasteiger partial charge is 0.335 e. The van der Waals surface area contributed by atoms with Crippen molar-refractivity contribution < 1.29 is 9.90 Å². The molecule has 12 heavy (non-hydrogen) atoms. The maximum absolute atomic E-state index is 10.5. The van der Waals surface area contributed by atoms with Crippen LogP contribution in [0.2, 0.25) is 5.02 Å². The molecule has 0 atom stereocenters. The van der Waals surface area contributed by atoms with E-state index in [1.807, 2.05) is 0 Å². The average Bonchev–Trinajstić information content (AvgIpc) is 2.04. The second kappa shape index (κ2) is 3.41. The number of halogens is 1. The normalized spacial score (nSPS) is 9.42. The van der Waals surface area contributed by atoms with Gasteiger partial charge in [-0.25, -0.2) is 4.79 Å². The Kier molecular flexibility index (Phi) is 2.51. The van der Waals surface area contributed by atoms with Gasteiger partial charge < -0.3 is 5.11 Å². The minimum atomic E-state index is -1.02. The molecule has 0 saturated heterocycles. The highest BCUT2D eigenvalue weighted by Gasteiger charge is 2.05. The van der Waals surface area contributed by atoms with Gasteiger partial charge in [0, 0.05) is 5.02 Å². The zero-order valence-corrected chi connectivity index (χ0v) is 7.01. The Morgan fingerprint density at radius 1 is 1.33 bits per heavy atom. The van der Waals surface area contributed by atoms with Crippen molar-refractivity contribution in [2.75, 3.05) is 0 Å². The van der Waals surface area contributed by atoms with Gasteiger partial charge in [-0.15, -0.1) is 0 Å². The number of benzene rings is 1. The van der Waals surface area contributed by atoms with E-state index in [1.165, 1.54) is 0 Å². The van der Waals surface area contributed by atoms with Crippen molar-refractivity contribution in [3.8, 4) is 0 Å². The molecule has 0 saturated carbocycles. The lowest BCUT2D eigenvalue weighted by Crippen LogP contribution is -1.97. The van der Waals surface area contributed by atoms with E-state index >= 15 is 0 Å². The number of hydrogen-bond acceptors (Lipinski definition) is 1. The van der Waals surface area contributed by atoms with Crippen LogP contribution < -0.4 is 0 Å². The minimum absolute atomic E-state index is 0.0756. The Labute approximate surface area is 75.1 Å². The van der Waals surface area contributed by atoms with Crippen molar-refractivity contribution in [3.63, 3.8) is 0 Å². The van der Waals surface area contributed by atoms with Gasteiger partial charge in [-0.2, -0.15) is 0 Å². The summed E-state index contributed by atoms with van der Waals surface area (Å²) >= 11 is 5.62. The molecule has 0 unspecified atom stereocenters. The molecule has 0 amide bonds. The van der Waals surface area contributed by atoms with E-state index in [-0.39, 0.29) is 5.57 Å². The quantitative estimate of drug-likeness (QED) is 0.714. The first-order chi connectivity index (χ1) is 5.61. The number of carboxylic acids is 1. The average molecular weight is 183 g/mol. The van der Waals surface area contributed by atoms with E-state index in [0.717, 1.165) is 0 Å². The molecule has 0 spiro atoms. The van der Waals surface area contributed by atoms with Crippen molar-refractivity contribution in [1.82, 2.24) is 0 Å². The molecule has 0 radical (unpaired) electrons. The predicted molar refractivity (Wildman–Crippen MR) is 48.1 cm³/mol. The second-order valence-corrected chi connectivity index (χ2v) is 2.73. The molecule has 0 bridgehead atoms. The van der Waals surface area contributed by atoms with Crippen LogP contribution in [0.3, 0.4) is 0 Å². The number of hydrogen-bond donors (Lipinski definition) is 1. The largest absolute Gasteiger partial charge is 0.478 e. The first-order valence-electron chi connectivity index (χ1n) is 3.29. The lowest BCUT2D eigenvalue weighted by atomic mass is 10.1. The third-order valence-electron chi connectivity index (χ3n) is 1.45. The Hall–Kier alpha value is -1.28. The summed E-state index contributed by atoms with van der Waals surface area (Å²) in [5.74, 6) is -1.02. The first kappa shape index (κ1) is 8.81. The highest BCUT2D eigenvalue weighted by Crippen LogP contribution is 2.15. The van der Waals surface area contributed by atoms with Gasteiger partial charge in [-0.1, -0.05) is 30.3 Å². The van der Waals surface area contributed by atoms with E-state index in [2.05, 4.69) is 6.58 Å². The van der Waals surface area contributed by atoms with Crippen LogP contribution in [0, 0.1) is 0 Å². The van der Waals surface area contributed by atoms with Crippen LogP contribution in [-0.2, 0) is 4.79 Å². The number of carboxylic acid groups (broad SMARTS) is 1. The molecular formula is C9H7ClO2. The first-order valence-corrected chi connectivity index (χ1v) is 3.67. The number of carbonyl (C=O) groups is 1. The highest BCUT2D eigenvalue weighted by molar-refractivity contribution is 6.30. The monoisotopic (exact) mass is 182 g/mol. The summed E-state index contributed by atoms with van der Waals surface area (Å²) in [4.78, 5) is 10.5. The van der Waals surface area contributed by atoms with E-state index in [0.29, 0.717) is 10.6 Å². The van der Waals surface area contributed by atoms with Gasteiger partial charge in [0.2, 0.25) is 0 Å². The fourth-order valence-corrected chi connectivity index (χ4v) is 0.901. The number of rotatable bonds is 2. The molecule has 1 aromatic rings. The van der Waals surface area contributed by atoms with Crippen molar-refractivity contribution >= 4 is 23.1 Å². The van der Waals surface area contributed by atoms with Gasteiger partial charge in [0.1, 0.15) is 0 Å². The topological polar surface area (TPSA) is 37.3 Å². The molecule has 0 heterocycles. The van der Waals surface area contributed by atoms with Gasteiger partial charge >= 0.3 is 5.97 Å². The third-order valence-corrected chi connectivity index (χ3v) is 1.70. The van der Waals surface area contributed by atoms with Crippen LogP contribution in [-0.4, -0.2) is 11.1 Å². The van der Waals surface area contributed by atoms with Crippen LogP contribution in [0.4, 0.5) is 0 Å². The minimum Gasteiger partial charge on any atom is -0.478 e. The van der Waals surface area contributed by atoms with Gasteiger partial charge in [-0.3, -0.25) is 0 Å². The van der Waals surface area contributed by atoms with Crippen LogP contribution >= 0.6 is 11.6 Å². The SMILES string of the molecule is C=C(C(=O)O)c1ccc(Cl)cc1. The molecule has 3 heteroatoms. The van der Waals surface area contributed by atoms with Gasteiger partial charge in [0.15, 0.2) is 0 Å². The summed E-state index contributed by atoms with van der Waals surface area (Å²) < 4.78 is 0. The van der Waals surface area contributed by atoms with Crippen molar-refractivity contribution in [1.29, 1.82) is 0 Å².